The number of hydrogen-bond acceptors (Lipinski definition) is 2. The topological polar surface area (TPSA) is 30.0 Å². The van der Waals surface area contributed by atoms with Crippen LogP contribution < -0.4 is 0 Å². The zero-order chi connectivity index (χ0) is 12.4. The lowest BCUT2D eigenvalue weighted by atomic mass is 9.88. The van der Waals surface area contributed by atoms with Crippen LogP contribution >= 0.6 is 0 Å². The summed E-state index contributed by atoms with van der Waals surface area (Å²) in [6.45, 7) is 0. The van der Waals surface area contributed by atoms with Crippen molar-refractivity contribution in [3.8, 4) is 0 Å². The van der Waals surface area contributed by atoms with Gasteiger partial charge >= 0.3 is 0 Å². The van der Waals surface area contributed by atoms with Crippen LogP contribution in [-0.2, 0) is 4.79 Å². The summed E-state index contributed by atoms with van der Waals surface area (Å²) in [5.41, 5.74) is 1.32. The molecule has 1 aromatic carbocycles. The van der Waals surface area contributed by atoms with Gasteiger partial charge in [0, 0.05) is 30.6 Å². The van der Waals surface area contributed by atoms with Gasteiger partial charge in [-0.15, -0.1) is 0 Å². The SMILES string of the molecule is O=C1CCCCC(c2cccc3cnccc23)C1. The van der Waals surface area contributed by atoms with Crippen LogP contribution in [0.25, 0.3) is 10.8 Å². The van der Waals surface area contributed by atoms with E-state index >= 15 is 0 Å². The third-order valence-electron chi connectivity index (χ3n) is 3.89. The van der Waals surface area contributed by atoms with Gasteiger partial charge in [0.1, 0.15) is 5.78 Å². The molecule has 0 N–H and O–H groups in total. The summed E-state index contributed by atoms with van der Waals surface area (Å²) in [7, 11) is 0. The van der Waals surface area contributed by atoms with Crippen LogP contribution in [0.2, 0.25) is 0 Å². The van der Waals surface area contributed by atoms with Crippen LogP contribution in [0.4, 0.5) is 0 Å². The number of carbonyl (C=O) groups excluding carboxylic acids is 1. The highest BCUT2D eigenvalue weighted by molar-refractivity contribution is 5.86. The van der Waals surface area contributed by atoms with Gasteiger partial charge < -0.3 is 0 Å². The number of ketones is 1. The molecule has 1 heterocycles. The zero-order valence-corrected chi connectivity index (χ0v) is 10.4. The van der Waals surface area contributed by atoms with Crippen molar-refractivity contribution >= 4 is 16.6 Å². The summed E-state index contributed by atoms with van der Waals surface area (Å²) >= 11 is 0. The predicted molar refractivity (Wildman–Crippen MR) is 72.6 cm³/mol. The molecule has 92 valence electrons. The number of benzene rings is 1. The van der Waals surface area contributed by atoms with E-state index in [1.165, 1.54) is 16.3 Å². The van der Waals surface area contributed by atoms with E-state index in [-0.39, 0.29) is 0 Å². The van der Waals surface area contributed by atoms with Gasteiger partial charge in [-0.2, -0.15) is 0 Å². The monoisotopic (exact) mass is 239 g/mol. The van der Waals surface area contributed by atoms with Crippen LogP contribution in [0.1, 0.15) is 43.6 Å². The third-order valence-corrected chi connectivity index (χ3v) is 3.89. The first-order valence-electron chi connectivity index (χ1n) is 6.69. The molecule has 3 rings (SSSR count). The maximum atomic E-state index is 11.8. The molecule has 1 aromatic heterocycles. The van der Waals surface area contributed by atoms with Crippen molar-refractivity contribution in [3.05, 3.63) is 42.2 Å². The quantitative estimate of drug-likeness (QED) is 0.707. The Bertz CT molecular complexity index is 571. The highest BCUT2D eigenvalue weighted by Crippen LogP contribution is 2.34. The predicted octanol–water partition coefficient (Wildman–Crippen LogP) is 3.85. The third kappa shape index (κ3) is 2.15. The summed E-state index contributed by atoms with van der Waals surface area (Å²) in [5.74, 6) is 0.814. The fraction of sp³-hybridized carbons (Fsp3) is 0.375. The van der Waals surface area contributed by atoms with Gasteiger partial charge in [-0.1, -0.05) is 24.6 Å². The van der Waals surface area contributed by atoms with Gasteiger partial charge in [0.05, 0.1) is 0 Å². The van der Waals surface area contributed by atoms with Crippen LogP contribution in [-0.4, -0.2) is 10.8 Å². The average molecular weight is 239 g/mol. The van der Waals surface area contributed by atoms with Crippen molar-refractivity contribution in [1.29, 1.82) is 0 Å². The van der Waals surface area contributed by atoms with Crippen molar-refractivity contribution in [2.45, 2.75) is 38.0 Å². The molecule has 1 atom stereocenters. The van der Waals surface area contributed by atoms with E-state index in [1.54, 1.807) is 0 Å². The first-order chi connectivity index (χ1) is 8.84. The fourth-order valence-corrected chi connectivity index (χ4v) is 2.96. The van der Waals surface area contributed by atoms with Crippen molar-refractivity contribution in [2.24, 2.45) is 0 Å². The van der Waals surface area contributed by atoms with Crippen LogP contribution in [0.5, 0.6) is 0 Å². The fourth-order valence-electron chi connectivity index (χ4n) is 2.96. The maximum Gasteiger partial charge on any atom is 0.133 e. The molecular weight excluding hydrogens is 222 g/mol. The second kappa shape index (κ2) is 4.89. The largest absolute Gasteiger partial charge is 0.300 e. The molecule has 0 aliphatic heterocycles. The van der Waals surface area contributed by atoms with Crippen molar-refractivity contribution in [2.75, 3.05) is 0 Å². The Morgan fingerprint density at radius 1 is 1.17 bits per heavy atom. The minimum absolute atomic E-state index is 0.395. The molecule has 2 heteroatoms. The molecule has 0 amide bonds. The minimum atomic E-state index is 0.395. The number of carbonyl (C=O) groups is 1. The van der Waals surface area contributed by atoms with Gasteiger partial charge in [-0.05, 0) is 35.8 Å². The molecule has 2 nitrogen and oxygen atoms in total. The van der Waals surface area contributed by atoms with E-state index in [0.717, 1.165) is 25.7 Å². The molecule has 1 fully saturated rings. The Kier molecular flexibility index (Phi) is 3.09. The number of pyridine rings is 1. The lowest BCUT2D eigenvalue weighted by Gasteiger charge is -2.16. The smallest absolute Gasteiger partial charge is 0.133 e. The lowest BCUT2D eigenvalue weighted by molar-refractivity contribution is -0.119. The minimum Gasteiger partial charge on any atom is -0.300 e. The highest BCUT2D eigenvalue weighted by Gasteiger charge is 2.20. The van der Waals surface area contributed by atoms with E-state index < -0.39 is 0 Å². The average Bonchev–Trinajstić information content (AvgIpc) is 2.63. The Labute approximate surface area is 107 Å². The Morgan fingerprint density at radius 2 is 2.11 bits per heavy atom. The summed E-state index contributed by atoms with van der Waals surface area (Å²) < 4.78 is 0. The van der Waals surface area contributed by atoms with E-state index in [2.05, 4.69) is 29.2 Å². The van der Waals surface area contributed by atoms with Crippen molar-refractivity contribution in [1.82, 2.24) is 4.98 Å². The Balaban J connectivity index is 2.05. The molecule has 18 heavy (non-hydrogen) atoms. The summed E-state index contributed by atoms with van der Waals surface area (Å²) in [5, 5.41) is 2.43. The van der Waals surface area contributed by atoms with E-state index in [4.69, 9.17) is 0 Å². The molecular formula is C16H17NO. The molecule has 1 aliphatic carbocycles. The van der Waals surface area contributed by atoms with Gasteiger partial charge in [0.15, 0.2) is 0 Å². The number of rotatable bonds is 1. The molecule has 1 saturated carbocycles. The molecule has 0 saturated heterocycles. The summed E-state index contributed by atoms with van der Waals surface area (Å²) in [4.78, 5) is 16.0. The number of fused-ring (bicyclic) bond motifs is 1. The van der Waals surface area contributed by atoms with Crippen LogP contribution in [0, 0.1) is 0 Å². The highest BCUT2D eigenvalue weighted by atomic mass is 16.1. The van der Waals surface area contributed by atoms with Gasteiger partial charge in [-0.3, -0.25) is 9.78 Å². The van der Waals surface area contributed by atoms with Crippen molar-refractivity contribution in [3.63, 3.8) is 0 Å². The van der Waals surface area contributed by atoms with E-state index in [1.807, 2.05) is 12.4 Å². The molecule has 1 unspecified atom stereocenters. The maximum absolute atomic E-state index is 11.8. The molecule has 0 bridgehead atoms. The number of aromatic nitrogens is 1. The molecule has 0 spiro atoms. The van der Waals surface area contributed by atoms with Gasteiger partial charge in [0.2, 0.25) is 0 Å². The second-order valence-corrected chi connectivity index (χ2v) is 5.13. The number of Topliss-reactive ketones (excluding diaryl/α,β-unsaturated/α-hetero) is 1. The van der Waals surface area contributed by atoms with Crippen LogP contribution in [0.3, 0.4) is 0 Å². The first-order valence-corrected chi connectivity index (χ1v) is 6.69. The lowest BCUT2D eigenvalue weighted by Crippen LogP contribution is -2.04. The zero-order valence-electron chi connectivity index (χ0n) is 10.4. The van der Waals surface area contributed by atoms with E-state index in [9.17, 15) is 4.79 Å². The second-order valence-electron chi connectivity index (χ2n) is 5.13. The number of hydrogen-bond donors (Lipinski definition) is 0. The van der Waals surface area contributed by atoms with Crippen LogP contribution in [0.15, 0.2) is 36.7 Å². The van der Waals surface area contributed by atoms with Crippen molar-refractivity contribution < 1.29 is 4.79 Å². The standard InChI is InChI=1S/C16H17NO/c18-14-6-2-1-4-12(10-14)15-7-3-5-13-11-17-9-8-16(13)15/h3,5,7-9,11-12H,1-2,4,6,10H2. The Hall–Kier alpha value is -1.70. The first kappa shape index (κ1) is 11.4. The summed E-state index contributed by atoms with van der Waals surface area (Å²) in [6.07, 6.45) is 8.57. The van der Waals surface area contributed by atoms with Gasteiger partial charge in [-0.25, -0.2) is 0 Å². The molecule has 0 radical (unpaired) electrons. The van der Waals surface area contributed by atoms with Gasteiger partial charge in [0.25, 0.3) is 0 Å². The molecule has 2 aromatic rings. The van der Waals surface area contributed by atoms with E-state index in [0.29, 0.717) is 18.1 Å². The summed E-state index contributed by atoms with van der Waals surface area (Å²) in [6, 6.07) is 8.41. The molecule has 1 aliphatic rings. The normalized spacial score (nSPS) is 20.9. The Morgan fingerprint density at radius 3 is 3.06 bits per heavy atom. The number of nitrogens with zero attached hydrogens (tertiary/aromatic N) is 1.